The van der Waals surface area contributed by atoms with Crippen LogP contribution in [0.1, 0.15) is 21.0 Å². The second-order valence-electron chi connectivity index (χ2n) is 6.02. The van der Waals surface area contributed by atoms with E-state index in [1.54, 1.807) is 41.3 Å². The molecule has 27 heavy (non-hydrogen) atoms. The minimum Gasteiger partial charge on any atom is -0.538 e. The molecule has 0 aliphatic carbocycles. The molecule has 1 aromatic carbocycles. The number of nitrogens with zero attached hydrogens (tertiary/aromatic N) is 4. The predicted molar refractivity (Wildman–Crippen MR) is 88.0 cm³/mol. The molecule has 2 amide bonds. The lowest BCUT2D eigenvalue weighted by Crippen LogP contribution is -2.53. The summed E-state index contributed by atoms with van der Waals surface area (Å²) in [6.07, 6.45) is 1.44. The van der Waals surface area contributed by atoms with Crippen molar-refractivity contribution in [2.45, 2.75) is 0 Å². The van der Waals surface area contributed by atoms with Crippen molar-refractivity contribution in [2.24, 2.45) is 0 Å². The van der Waals surface area contributed by atoms with Crippen LogP contribution in [-0.2, 0) is 0 Å². The zero-order chi connectivity index (χ0) is 18.8. The number of rotatable bonds is 3. The predicted octanol–water partition coefficient (Wildman–Crippen LogP) is 0.216. The van der Waals surface area contributed by atoms with E-state index in [-0.39, 0.29) is 17.4 Å². The van der Waals surface area contributed by atoms with Gasteiger partial charge < -0.3 is 23.8 Å². The van der Waals surface area contributed by atoms with Gasteiger partial charge in [0.25, 0.3) is 5.91 Å². The van der Waals surface area contributed by atoms with Crippen LogP contribution in [0.2, 0.25) is 0 Å². The van der Waals surface area contributed by atoms with Crippen LogP contribution in [-0.4, -0.2) is 53.1 Å². The number of furan rings is 1. The number of aromatic nitrogens is 2. The first-order valence-electron chi connectivity index (χ1n) is 8.41. The molecule has 4 rings (SSSR count). The molecule has 0 radical (unpaired) electrons. The van der Waals surface area contributed by atoms with E-state index in [2.05, 4.69) is 5.27 Å². The van der Waals surface area contributed by atoms with Gasteiger partial charge in [-0.2, -0.15) is 0 Å². The second kappa shape index (κ2) is 6.94. The van der Waals surface area contributed by atoms with Gasteiger partial charge in [0, 0.05) is 38.3 Å². The summed E-state index contributed by atoms with van der Waals surface area (Å²) in [5.74, 6) is -1.23. The molecular formula is C18H16N4O5. The maximum atomic E-state index is 12.9. The maximum absolute atomic E-state index is 12.9. The van der Waals surface area contributed by atoms with Crippen molar-refractivity contribution >= 4 is 11.8 Å². The lowest BCUT2D eigenvalue weighted by Gasteiger charge is -2.33. The number of hydrogen-bond donors (Lipinski definition) is 0. The standard InChI is InChI=1S/C18H16N4O5/c23-16(14-7-4-12-26-14)20-8-10-21(11-9-20)17(24)15-18(25)27-19-22(15)13-5-2-1-3-6-13/h1-7,12H,8-11H2. The summed E-state index contributed by atoms with van der Waals surface area (Å²) in [7, 11) is 0. The fourth-order valence-corrected chi connectivity index (χ4v) is 2.99. The van der Waals surface area contributed by atoms with E-state index in [0.717, 1.165) is 0 Å². The van der Waals surface area contributed by atoms with Crippen molar-refractivity contribution in [1.29, 1.82) is 0 Å². The highest BCUT2D eigenvalue weighted by Gasteiger charge is 2.34. The zero-order valence-electron chi connectivity index (χ0n) is 14.3. The average Bonchev–Trinajstić information content (AvgIpc) is 3.38. The number of carbonyl (C=O) groups is 2. The molecule has 3 aromatic rings. The number of hydrogen-bond acceptors (Lipinski definition) is 6. The van der Waals surface area contributed by atoms with Crippen LogP contribution >= 0.6 is 0 Å². The Hall–Kier alpha value is -3.62. The summed E-state index contributed by atoms with van der Waals surface area (Å²) in [5, 5.41) is 15.7. The van der Waals surface area contributed by atoms with Crippen molar-refractivity contribution in [1.82, 2.24) is 15.1 Å². The van der Waals surface area contributed by atoms with Gasteiger partial charge in [-0.05, 0) is 16.8 Å². The van der Waals surface area contributed by atoms with Gasteiger partial charge in [-0.3, -0.25) is 9.59 Å². The van der Waals surface area contributed by atoms with Gasteiger partial charge in [0.15, 0.2) is 11.7 Å². The van der Waals surface area contributed by atoms with Gasteiger partial charge >= 0.3 is 11.6 Å². The molecule has 9 heteroatoms. The van der Waals surface area contributed by atoms with E-state index in [9.17, 15) is 14.7 Å². The third kappa shape index (κ3) is 3.14. The Morgan fingerprint density at radius 1 is 0.963 bits per heavy atom. The van der Waals surface area contributed by atoms with E-state index in [4.69, 9.17) is 8.94 Å². The fourth-order valence-electron chi connectivity index (χ4n) is 2.99. The number of benzene rings is 1. The molecule has 0 atom stereocenters. The molecule has 0 spiro atoms. The van der Waals surface area contributed by atoms with E-state index >= 15 is 0 Å². The van der Waals surface area contributed by atoms with Crippen LogP contribution in [0.25, 0.3) is 5.69 Å². The SMILES string of the molecule is O=C(c1ccco1)N1CCN(C(=O)c2c([O-])on[n+]2-c2ccccc2)CC1. The first kappa shape index (κ1) is 16.8. The highest BCUT2D eigenvalue weighted by atomic mass is 16.6. The quantitative estimate of drug-likeness (QED) is 0.612. The Labute approximate surface area is 154 Å². The molecule has 3 heterocycles. The summed E-state index contributed by atoms with van der Waals surface area (Å²) in [6.45, 7) is 1.28. The van der Waals surface area contributed by atoms with Crippen LogP contribution in [0.15, 0.2) is 57.7 Å². The molecule has 1 aliphatic rings. The van der Waals surface area contributed by atoms with Crippen molar-refractivity contribution in [3.63, 3.8) is 0 Å². The van der Waals surface area contributed by atoms with Gasteiger partial charge in [0.1, 0.15) is 0 Å². The topological polar surface area (TPSA) is 107 Å². The van der Waals surface area contributed by atoms with Crippen molar-refractivity contribution < 1.29 is 28.3 Å². The van der Waals surface area contributed by atoms with E-state index in [1.165, 1.54) is 15.8 Å². The van der Waals surface area contributed by atoms with Crippen LogP contribution in [0.4, 0.5) is 0 Å². The summed E-state index contributed by atoms with van der Waals surface area (Å²) in [5.41, 5.74) is 0.394. The lowest BCUT2D eigenvalue weighted by atomic mass is 10.2. The van der Waals surface area contributed by atoms with Gasteiger partial charge in [0.2, 0.25) is 5.69 Å². The average molecular weight is 368 g/mol. The third-order valence-corrected chi connectivity index (χ3v) is 4.40. The molecule has 138 valence electrons. The minimum absolute atomic E-state index is 0.160. The lowest BCUT2D eigenvalue weighted by molar-refractivity contribution is -0.672. The van der Waals surface area contributed by atoms with Crippen LogP contribution < -0.4 is 9.79 Å². The van der Waals surface area contributed by atoms with Crippen LogP contribution in [0.3, 0.4) is 0 Å². The van der Waals surface area contributed by atoms with Crippen molar-refractivity contribution in [3.05, 3.63) is 60.2 Å². The van der Waals surface area contributed by atoms with E-state index in [1.807, 2.05) is 6.07 Å². The Morgan fingerprint density at radius 3 is 2.26 bits per heavy atom. The van der Waals surface area contributed by atoms with Gasteiger partial charge in [-0.1, -0.05) is 18.2 Å². The zero-order valence-corrected chi connectivity index (χ0v) is 14.3. The molecule has 1 aliphatic heterocycles. The molecule has 0 unspecified atom stereocenters. The molecular weight excluding hydrogens is 352 g/mol. The monoisotopic (exact) mass is 368 g/mol. The molecule has 0 N–H and O–H groups in total. The minimum atomic E-state index is -0.794. The molecule has 1 saturated heterocycles. The third-order valence-electron chi connectivity index (χ3n) is 4.40. The first-order chi connectivity index (χ1) is 13.1. The summed E-state index contributed by atoms with van der Waals surface area (Å²) in [6, 6.07) is 12.1. The van der Waals surface area contributed by atoms with Crippen LogP contribution in [0.5, 0.6) is 5.95 Å². The molecule has 2 aromatic heterocycles. The Bertz CT molecular complexity index is 944. The van der Waals surface area contributed by atoms with Gasteiger partial charge in [-0.25, -0.2) is 0 Å². The summed E-state index contributed by atoms with van der Waals surface area (Å²) in [4.78, 5) is 28.3. The van der Waals surface area contributed by atoms with Crippen LogP contribution in [0, 0.1) is 0 Å². The number of para-hydroxylation sites is 1. The highest BCUT2D eigenvalue weighted by Crippen LogP contribution is 2.16. The summed E-state index contributed by atoms with van der Waals surface area (Å²) < 4.78 is 11.0. The number of carbonyl (C=O) groups excluding carboxylic acids is 2. The summed E-state index contributed by atoms with van der Waals surface area (Å²) >= 11 is 0. The second-order valence-corrected chi connectivity index (χ2v) is 6.02. The number of piperazine rings is 1. The van der Waals surface area contributed by atoms with Gasteiger partial charge in [-0.15, -0.1) is 0 Å². The van der Waals surface area contributed by atoms with Crippen molar-refractivity contribution in [3.8, 4) is 11.6 Å². The van der Waals surface area contributed by atoms with Crippen molar-refractivity contribution in [2.75, 3.05) is 26.2 Å². The maximum Gasteiger partial charge on any atom is 0.327 e. The Morgan fingerprint density at radius 2 is 1.63 bits per heavy atom. The molecule has 0 saturated carbocycles. The smallest absolute Gasteiger partial charge is 0.327 e. The largest absolute Gasteiger partial charge is 0.538 e. The number of amides is 2. The molecule has 1 fully saturated rings. The Kier molecular flexibility index (Phi) is 4.33. The van der Waals surface area contributed by atoms with E-state index < -0.39 is 11.9 Å². The molecule has 9 nitrogen and oxygen atoms in total. The first-order valence-corrected chi connectivity index (χ1v) is 8.41. The molecule has 0 bridgehead atoms. The highest BCUT2D eigenvalue weighted by molar-refractivity contribution is 5.94. The fraction of sp³-hybridized carbons (Fsp3) is 0.222. The Balaban J connectivity index is 1.49. The van der Waals surface area contributed by atoms with E-state index in [0.29, 0.717) is 31.9 Å². The van der Waals surface area contributed by atoms with Gasteiger partial charge in [0.05, 0.1) is 11.5 Å². The normalized spacial score (nSPS) is 14.4.